The van der Waals surface area contributed by atoms with Crippen LogP contribution in [0.4, 0.5) is 0 Å². The van der Waals surface area contributed by atoms with Crippen molar-refractivity contribution in [1.82, 2.24) is 14.7 Å². The molecule has 6 heteroatoms. The van der Waals surface area contributed by atoms with Crippen molar-refractivity contribution in [3.05, 3.63) is 47.3 Å². The number of methoxy groups -OCH3 is 1. The largest absolute Gasteiger partial charge is 0.497 e. The quantitative estimate of drug-likeness (QED) is 0.915. The molecule has 2 aliphatic rings. The second-order valence-corrected chi connectivity index (χ2v) is 7.35. The monoisotopic (exact) mass is 355 g/mol. The van der Waals surface area contributed by atoms with E-state index in [1.807, 2.05) is 39.9 Å². The molecule has 0 bridgehead atoms. The van der Waals surface area contributed by atoms with E-state index in [0.29, 0.717) is 12.2 Å². The van der Waals surface area contributed by atoms with Gasteiger partial charge in [-0.05, 0) is 49.9 Å². The first-order valence-corrected chi connectivity index (χ1v) is 9.22. The summed E-state index contributed by atoms with van der Waals surface area (Å²) in [6, 6.07) is 9.79. The van der Waals surface area contributed by atoms with Gasteiger partial charge in [-0.25, -0.2) is 0 Å². The summed E-state index contributed by atoms with van der Waals surface area (Å²) in [5.41, 5.74) is 2.36. The van der Waals surface area contributed by atoms with E-state index in [1.54, 1.807) is 14.0 Å². The van der Waals surface area contributed by atoms with Crippen LogP contribution in [0.1, 0.15) is 49.2 Å². The van der Waals surface area contributed by atoms with Gasteiger partial charge in [0, 0.05) is 13.1 Å². The molecule has 0 saturated heterocycles. The van der Waals surface area contributed by atoms with E-state index in [0.717, 1.165) is 49.4 Å². The number of aromatic nitrogens is 2. The summed E-state index contributed by atoms with van der Waals surface area (Å²) >= 11 is 0. The molecule has 0 spiro atoms. The van der Waals surface area contributed by atoms with Crippen molar-refractivity contribution in [2.75, 3.05) is 13.7 Å². The Balaban J connectivity index is 1.57. The van der Waals surface area contributed by atoms with Crippen LogP contribution in [0.25, 0.3) is 0 Å². The topological polar surface area (TPSA) is 67.6 Å². The van der Waals surface area contributed by atoms with Crippen LogP contribution in [0.5, 0.6) is 5.75 Å². The molecule has 0 radical (unpaired) electrons. The standard InChI is InChI=1S/C20H25N3O3/c1-14(24)18-12-16-13-22(10-3-11-23(16)21-18)19(25)20(8-9-20)15-4-6-17(26-2)7-5-15/h4-7,12,14,24H,3,8-11,13H2,1-2H3/t14-/m0/s1. The lowest BCUT2D eigenvalue weighted by Crippen LogP contribution is -2.39. The fourth-order valence-corrected chi connectivity index (χ4v) is 3.83. The Morgan fingerprint density at radius 3 is 2.62 bits per heavy atom. The third kappa shape index (κ3) is 2.88. The molecule has 1 aliphatic heterocycles. The molecular formula is C20H25N3O3. The number of amides is 1. The Hall–Kier alpha value is -2.34. The Bertz CT molecular complexity index is 806. The summed E-state index contributed by atoms with van der Waals surface area (Å²) in [7, 11) is 1.65. The molecule has 1 atom stereocenters. The highest BCUT2D eigenvalue weighted by atomic mass is 16.5. The molecule has 4 rings (SSSR count). The van der Waals surface area contributed by atoms with Gasteiger partial charge in [0.2, 0.25) is 5.91 Å². The number of aliphatic hydroxyl groups excluding tert-OH is 1. The number of carbonyl (C=O) groups excluding carboxylic acids is 1. The van der Waals surface area contributed by atoms with Crippen LogP contribution >= 0.6 is 0 Å². The van der Waals surface area contributed by atoms with Crippen LogP contribution in [0, 0.1) is 0 Å². The lowest BCUT2D eigenvalue weighted by molar-refractivity contribution is -0.134. The molecule has 1 saturated carbocycles. The summed E-state index contributed by atoms with van der Waals surface area (Å²) < 4.78 is 7.16. The maximum Gasteiger partial charge on any atom is 0.233 e. The van der Waals surface area contributed by atoms with Gasteiger partial charge < -0.3 is 14.7 Å². The normalized spacial score (nSPS) is 19.4. The average Bonchev–Trinajstić information content (AvgIpc) is 3.40. The van der Waals surface area contributed by atoms with E-state index in [2.05, 4.69) is 5.10 Å². The van der Waals surface area contributed by atoms with Crippen LogP contribution in [0.15, 0.2) is 30.3 Å². The van der Waals surface area contributed by atoms with Crippen molar-refractivity contribution in [2.45, 2.75) is 50.8 Å². The lowest BCUT2D eigenvalue weighted by Gasteiger charge is -2.26. The van der Waals surface area contributed by atoms with Gasteiger partial charge in [0.15, 0.2) is 0 Å². The third-order valence-corrected chi connectivity index (χ3v) is 5.55. The molecule has 1 aliphatic carbocycles. The first kappa shape index (κ1) is 17.1. The molecule has 1 aromatic carbocycles. The van der Waals surface area contributed by atoms with Gasteiger partial charge in [-0.1, -0.05) is 12.1 Å². The van der Waals surface area contributed by atoms with Crippen molar-refractivity contribution in [2.24, 2.45) is 0 Å². The SMILES string of the molecule is COc1ccc(C2(C(=O)N3CCCn4nc([C@H](C)O)cc4C3)CC2)cc1. The molecule has 2 aromatic rings. The number of aliphatic hydroxyl groups is 1. The van der Waals surface area contributed by atoms with Gasteiger partial charge >= 0.3 is 0 Å². The van der Waals surface area contributed by atoms with Gasteiger partial charge in [0.05, 0.1) is 36.6 Å². The third-order valence-electron chi connectivity index (χ3n) is 5.55. The molecule has 6 nitrogen and oxygen atoms in total. The number of rotatable bonds is 4. The summed E-state index contributed by atoms with van der Waals surface area (Å²) in [5.74, 6) is 1.01. The molecular weight excluding hydrogens is 330 g/mol. The van der Waals surface area contributed by atoms with Gasteiger partial charge in [0.25, 0.3) is 0 Å². The highest BCUT2D eigenvalue weighted by Gasteiger charge is 2.53. The highest BCUT2D eigenvalue weighted by Crippen LogP contribution is 2.50. The van der Waals surface area contributed by atoms with Crippen LogP contribution in [-0.4, -0.2) is 39.3 Å². The summed E-state index contributed by atoms with van der Waals surface area (Å²) in [5, 5.41) is 14.3. The van der Waals surface area contributed by atoms with Crippen molar-refractivity contribution in [3.8, 4) is 5.75 Å². The number of nitrogens with zero attached hydrogens (tertiary/aromatic N) is 3. The van der Waals surface area contributed by atoms with E-state index in [4.69, 9.17) is 4.74 Å². The predicted molar refractivity (Wildman–Crippen MR) is 96.8 cm³/mol. The molecule has 26 heavy (non-hydrogen) atoms. The maximum absolute atomic E-state index is 13.4. The van der Waals surface area contributed by atoms with Gasteiger partial charge in [-0.2, -0.15) is 5.10 Å². The minimum Gasteiger partial charge on any atom is -0.497 e. The van der Waals surface area contributed by atoms with E-state index in [1.165, 1.54) is 0 Å². The molecule has 2 heterocycles. The van der Waals surface area contributed by atoms with Crippen LogP contribution < -0.4 is 4.74 Å². The first-order valence-electron chi connectivity index (χ1n) is 9.22. The Morgan fingerprint density at radius 1 is 1.27 bits per heavy atom. The summed E-state index contributed by atoms with van der Waals surface area (Å²) in [6.07, 6.45) is 2.07. The average molecular weight is 355 g/mol. The smallest absolute Gasteiger partial charge is 0.233 e. The molecule has 1 amide bonds. The highest BCUT2D eigenvalue weighted by molar-refractivity contribution is 5.91. The summed E-state index contributed by atoms with van der Waals surface area (Å²) in [6.45, 7) is 3.79. The number of carbonyl (C=O) groups is 1. The van der Waals surface area contributed by atoms with Gasteiger partial charge in [-0.3, -0.25) is 9.48 Å². The van der Waals surface area contributed by atoms with Crippen LogP contribution in [-0.2, 0) is 23.3 Å². The fraction of sp³-hybridized carbons (Fsp3) is 0.500. The Morgan fingerprint density at radius 2 is 2.00 bits per heavy atom. The second-order valence-electron chi connectivity index (χ2n) is 7.35. The minimum atomic E-state index is -0.590. The van der Waals surface area contributed by atoms with E-state index < -0.39 is 6.10 Å². The number of hydrogen-bond donors (Lipinski definition) is 1. The van der Waals surface area contributed by atoms with Crippen molar-refractivity contribution < 1.29 is 14.6 Å². The first-order chi connectivity index (χ1) is 12.5. The zero-order valence-corrected chi connectivity index (χ0v) is 15.3. The van der Waals surface area contributed by atoms with Crippen molar-refractivity contribution >= 4 is 5.91 Å². The van der Waals surface area contributed by atoms with E-state index in [9.17, 15) is 9.90 Å². The van der Waals surface area contributed by atoms with Gasteiger partial charge in [-0.15, -0.1) is 0 Å². The minimum absolute atomic E-state index is 0.205. The number of ether oxygens (including phenoxy) is 1. The lowest BCUT2D eigenvalue weighted by atomic mass is 9.94. The van der Waals surface area contributed by atoms with E-state index >= 15 is 0 Å². The fourth-order valence-electron chi connectivity index (χ4n) is 3.83. The van der Waals surface area contributed by atoms with Crippen LogP contribution in [0.2, 0.25) is 0 Å². The number of benzene rings is 1. The zero-order chi connectivity index (χ0) is 18.3. The number of aryl methyl sites for hydroxylation is 1. The zero-order valence-electron chi connectivity index (χ0n) is 15.3. The maximum atomic E-state index is 13.4. The summed E-state index contributed by atoms with van der Waals surface area (Å²) in [4.78, 5) is 15.3. The Kier molecular flexibility index (Phi) is 4.23. The molecule has 1 N–H and O–H groups in total. The van der Waals surface area contributed by atoms with Gasteiger partial charge in [0.1, 0.15) is 5.75 Å². The molecule has 138 valence electrons. The second kappa shape index (κ2) is 6.43. The number of fused-ring (bicyclic) bond motifs is 1. The Labute approximate surface area is 153 Å². The number of hydrogen-bond acceptors (Lipinski definition) is 4. The van der Waals surface area contributed by atoms with Crippen molar-refractivity contribution in [3.63, 3.8) is 0 Å². The molecule has 0 unspecified atom stereocenters. The predicted octanol–water partition coefficient (Wildman–Crippen LogP) is 2.41. The van der Waals surface area contributed by atoms with E-state index in [-0.39, 0.29) is 11.3 Å². The molecule has 1 fully saturated rings. The van der Waals surface area contributed by atoms with Crippen LogP contribution in [0.3, 0.4) is 0 Å². The van der Waals surface area contributed by atoms with Crippen molar-refractivity contribution in [1.29, 1.82) is 0 Å². The molecule has 1 aromatic heterocycles.